The highest BCUT2D eigenvalue weighted by molar-refractivity contribution is 5.79. The van der Waals surface area contributed by atoms with Crippen molar-refractivity contribution in [3.8, 4) is 0 Å². The minimum Gasteiger partial charge on any atom is -0.439 e. The minimum atomic E-state index is -0.825. The average molecular weight is 334 g/mol. The Labute approximate surface area is 137 Å². The van der Waals surface area contributed by atoms with Crippen LogP contribution in [0.5, 0.6) is 0 Å². The predicted octanol–water partition coefficient (Wildman–Crippen LogP) is 1.48. The quantitative estimate of drug-likeness (QED) is 0.623. The number of nitro benzene ring substituents is 1. The number of benzene rings is 1. The van der Waals surface area contributed by atoms with E-state index in [2.05, 4.69) is 0 Å². The first-order valence-corrected chi connectivity index (χ1v) is 7.56. The molecule has 1 saturated heterocycles. The fourth-order valence-electron chi connectivity index (χ4n) is 3.12. The van der Waals surface area contributed by atoms with Gasteiger partial charge in [-0.25, -0.2) is 9.59 Å². The molecule has 1 fully saturated rings. The molecule has 1 atom stereocenters. The zero-order chi connectivity index (χ0) is 17.6. The van der Waals surface area contributed by atoms with Crippen LogP contribution in [0.25, 0.3) is 11.0 Å². The molecule has 1 unspecified atom stereocenters. The number of ether oxygens (including phenoxy) is 1. The van der Waals surface area contributed by atoms with E-state index in [-0.39, 0.29) is 17.9 Å². The number of fused-ring (bicyclic) bond motifs is 1. The standard InChI is InChI=1S/C15H18N4O5/c1-4-15(8-16(2)14(21)24-15)9-18-12-7-10(19(22)23)5-6-11(12)17(3)13(18)20/h5-7H,4,8-9H2,1-3H3. The summed E-state index contributed by atoms with van der Waals surface area (Å²) in [6.07, 6.45) is 0.0945. The predicted molar refractivity (Wildman–Crippen MR) is 86.0 cm³/mol. The average Bonchev–Trinajstić information content (AvgIpc) is 2.97. The van der Waals surface area contributed by atoms with Crippen LogP contribution in [0.4, 0.5) is 10.5 Å². The van der Waals surface area contributed by atoms with E-state index in [4.69, 9.17) is 4.74 Å². The highest BCUT2D eigenvalue weighted by Gasteiger charge is 2.43. The Morgan fingerprint density at radius 3 is 2.54 bits per heavy atom. The van der Waals surface area contributed by atoms with Gasteiger partial charge < -0.3 is 9.64 Å². The third-order valence-corrected chi connectivity index (χ3v) is 4.57. The Morgan fingerprint density at radius 1 is 1.29 bits per heavy atom. The van der Waals surface area contributed by atoms with E-state index in [0.29, 0.717) is 24.0 Å². The summed E-state index contributed by atoms with van der Waals surface area (Å²) >= 11 is 0. The van der Waals surface area contributed by atoms with Crippen molar-refractivity contribution in [2.45, 2.75) is 25.5 Å². The van der Waals surface area contributed by atoms with Crippen LogP contribution < -0.4 is 5.69 Å². The molecular weight excluding hydrogens is 316 g/mol. The van der Waals surface area contributed by atoms with E-state index < -0.39 is 16.6 Å². The van der Waals surface area contributed by atoms with E-state index in [1.165, 1.54) is 26.2 Å². The van der Waals surface area contributed by atoms with E-state index in [9.17, 15) is 19.7 Å². The number of aryl methyl sites for hydroxylation is 1. The topological polar surface area (TPSA) is 99.6 Å². The first kappa shape index (κ1) is 16.0. The van der Waals surface area contributed by atoms with Crippen molar-refractivity contribution in [3.63, 3.8) is 0 Å². The highest BCUT2D eigenvalue weighted by atomic mass is 16.6. The molecular formula is C15H18N4O5. The number of likely N-dealkylation sites (N-methyl/N-ethyl adjacent to an activating group) is 1. The van der Waals surface area contributed by atoms with Gasteiger partial charge in [-0.1, -0.05) is 6.92 Å². The zero-order valence-corrected chi connectivity index (χ0v) is 13.7. The van der Waals surface area contributed by atoms with Crippen molar-refractivity contribution < 1.29 is 14.5 Å². The van der Waals surface area contributed by atoms with Crippen molar-refractivity contribution in [1.29, 1.82) is 0 Å². The van der Waals surface area contributed by atoms with Crippen LogP contribution in [-0.4, -0.2) is 44.2 Å². The first-order chi connectivity index (χ1) is 11.3. The van der Waals surface area contributed by atoms with Crippen LogP contribution in [0.2, 0.25) is 0 Å². The van der Waals surface area contributed by atoms with Crippen molar-refractivity contribution in [2.24, 2.45) is 7.05 Å². The fraction of sp³-hybridized carbons (Fsp3) is 0.467. The van der Waals surface area contributed by atoms with Crippen LogP contribution in [0.15, 0.2) is 23.0 Å². The normalized spacial score (nSPS) is 20.6. The van der Waals surface area contributed by atoms with Crippen molar-refractivity contribution in [2.75, 3.05) is 13.6 Å². The van der Waals surface area contributed by atoms with Crippen LogP contribution >= 0.6 is 0 Å². The van der Waals surface area contributed by atoms with Gasteiger partial charge in [0.2, 0.25) is 0 Å². The Hall–Kier alpha value is -2.84. The minimum absolute atomic E-state index is 0.0899. The molecule has 128 valence electrons. The lowest BCUT2D eigenvalue weighted by Crippen LogP contribution is -2.41. The first-order valence-electron chi connectivity index (χ1n) is 7.56. The number of carbonyl (C=O) groups is 1. The number of hydrogen-bond donors (Lipinski definition) is 0. The van der Waals surface area contributed by atoms with Gasteiger partial charge in [0, 0.05) is 26.2 Å². The van der Waals surface area contributed by atoms with Gasteiger partial charge in [-0.15, -0.1) is 0 Å². The number of amides is 1. The number of non-ortho nitro benzene ring substituents is 1. The highest BCUT2D eigenvalue weighted by Crippen LogP contribution is 2.29. The van der Waals surface area contributed by atoms with Gasteiger partial charge >= 0.3 is 11.8 Å². The van der Waals surface area contributed by atoms with Crippen LogP contribution in [-0.2, 0) is 18.3 Å². The van der Waals surface area contributed by atoms with Crippen LogP contribution in [0, 0.1) is 10.1 Å². The maximum Gasteiger partial charge on any atom is 0.410 e. The Balaban J connectivity index is 2.13. The van der Waals surface area contributed by atoms with Gasteiger partial charge in [-0.05, 0) is 12.5 Å². The number of nitro groups is 1. The number of hydrogen-bond acceptors (Lipinski definition) is 5. The molecule has 1 aliphatic rings. The Morgan fingerprint density at radius 2 is 2.00 bits per heavy atom. The number of imidazole rings is 1. The molecule has 2 aromatic rings. The van der Waals surface area contributed by atoms with Gasteiger partial charge in [0.25, 0.3) is 5.69 Å². The molecule has 0 spiro atoms. The van der Waals surface area contributed by atoms with Crippen LogP contribution in [0.3, 0.4) is 0 Å². The van der Waals surface area contributed by atoms with E-state index >= 15 is 0 Å². The van der Waals surface area contributed by atoms with Crippen molar-refractivity contribution in [1.82, 2.24) is 14.0 Å². The molecule has 1 amide bonds. The molecule has 3 rings (SSSR count). The zero-order valence-electron chi connectivity index (χ0n) is 13.7. The summed E-state index contributed by atoms with van der Waals surface area (Å²) in [5.41, 5.74) is -0.171. The molecule has 24 heavy (non-hydrogen) atoms. The van der Waals surface area contributed by atoms with E-state index in [1.54, 1.807) is 20.2 Å². The number of carbonyl (C=O) groups excluding carboxylic acids is 1. The van der Waals surface area contributed by atoms with Gasteiger partial charge in [0.15, 0.2) is 0 Å². The van der Waals surface area contributed by atoms with Gasteiger partial charge in [-0.2, -0.15) is 0 Å². The molecule has 0 saturated carbocycles. The Bertz CT molecular complexity index is 899. The molecule has 0 aliphatic carbocycles. The second-order valence-corrected chi connectivity index (χ2v) is 6.12. The maximum atomic E-state index is 12.6. The van der Waals surface area contributed by atoms with Gasteiger partial charge in [-0.3, -0.25) is 19.2 Å². The monoisotopic (exact) mass is 334 g/mol. The smallest absolute Gasteiger partial charge is 0.410 e. The van der Waals surface area contributed by atoms with E-state index in [0.717, 1.165) is 0 Å². The summed E-state index contributed by atoms with van der Waals surface area (Å²) in [6, 6.07) is 4.29. The second-order valence-electron chi connectivity index (χ2n) is 6.12. The van der Waals surface area contributed by atoms with Crippen molar-refractivity contribution >= 4 is 22.8 Å². The number of rotatable bonds is 4. The largest absolute Gasteiger partial charge is 0.439 e. The maximum absolute atomic E-state index is 12.6. The molecule has 9 nitrogen and oxygen atoms in total. The summed E-state index contributed by atoms with van der Waals surface area (Å²) < 4.78 is 8.37. The molecule has 0 radical (unpaired) electrons. The molecule has 0 N–H and O–H groups in total. The number of aromatic nitrogens is 2. The molecule has 9 heteroatoms. The molecule has 0 bridgehead atoms. The lowest BCUT2D eigenvalue weighted by Gasteiger charge is -2.25. The molecule has 1 aromatic carbocycles. The molecule has 1 aromatic heterocycles. The van der Waals surface area contributed by atoms with Crippen molar-refractivity contribution in [3.05, 3.63) is 38.8 Å². The third kappa shape index (κ3) is 2.32. The summed E-state index contributed by atoms with van der Waals surface area (Å²) in [4.78, 5) is 36.3. The van der Waals surface area contributed by atoms with E-state index in [1.807, 2.05) is 6.92 Å². The lowest BCUT2D eigenvalue weighted by molar-refractivity contribution is -0.384. The number of cyclic esters (lactones) is 1. The fourth-order valence-corrected chi connectivity index (χ4v) is 3.12. The molecule has 2 heterocycles. The van der Waals surface area contributed by atoms with Gasteiger partial charge in [0.05, 0.1) is 29.0 Å². The van der Waals surface area contributed by atoms with Gasteiger partial charge in [0.1, 0.15) is 5.60 Å². The second kappa shape index (κ2) is 5.36. The summed E-state index contributed by atoms with van der Waals surface area (Å²) in [6.45, 7) is 2.39. The number of nitrogens with zero attached hydrogens (tertiary/aromatic N) is 4. The summed E-state index contributed by atoms with van der Waals surface area (Å²) in [5.74, 6) is 0. The lowest BCUT2D eigenvalue weighted by atomic mass is 10.0. The Kier molecular flexibility index (Phi) is 3.58. The molecule has 1 aliphatic heterocycles. The summed E-state index contributed by atoms with van der Waals surface area (Å²) in [7, 11) is 3.24. The third-order valence-electron chi connectivity index (χ3n) is 4.57. The summed E-state index contributed by atoms with van der Waals surface area (Å²) in [5, 5.41) is 11.0. The van der Waals surface area contributed by atoms with Crippen LogP contribution in [0.1, 0.15) is 13.3 Å². The SMILES string of the molecule is CCC1(Cn2c(=O)n(C)c3ccc([N+](=O)[O-])cc32)CN(C)C(=O)O1.